The van der Waals surface area contributed by atoms with Crippen molar-refractivity contribution < 1.29 is 4.39 Å². The fraction of sp³-hybridized carbons (Fsp3) is 0.222. The van der Waals surface area contributed by atoms with Gasteiger partial charge in [0.25, 0.3) is 0 Å². The molecule has 0 spiro atoms. The first-order valence-electron chi connectivity index (χ1n) is 7.11. The van der Waals surface area contributed by atoms with Crippen LogP contribution in [0.2, 0.25) is 0 Å². The molecule has 1 nitrogen and oxygen atoms in total. The highest BCUT2D eigenvalue weighted by Crippen LogP contribution is 2.50. The highest BCUT2D eigenvalue weighted by Gasteiger charge is 2.38. The fourth-order valence-electron chi connectivity index (χ4n) is 3.57. The third kappa shape index (κ3) is 1.68. The molecule has 0 radical (unpaired) electrons. The maximum atomic E-state index is 14.1. The summed E-state index contributed by atoms with van der Waals surface area (Å²) in [6, 6.07) is 15.9. The van der Waals surface area contributed by atoms with Gasteiger partial charge in [-0.2, -0.15) is 0 Å². The number of fused-ring (bicyclic) bond motifs is 3. The van der Waals surface area contributed by atoms with Gasteiger partial charge >= 0.3 is 0 Å². The quantitative estimate of drug-likeness (QED) is 0.740. The van der Waals surface area contributed by atoms with Gasteiger partial charge in [-0.1, -0.05) is 54.6 Å². The molecular formula is C18H16FN. The molecule has 0 amide bonds. The summed E-state index contributed by atoms with van der Waals surface area (Å²) < 4.78 is 14.1. The topological polar surface area (TPSA) is 12.0 Å². The van der Waals surface area contributed by atoms with Crippen LogP contribution in [0.5, 0.6) is 0 Å². The Morgan fingerprint density at radius 3 is 2.70 bits per heavy atom. The number of allylic oxidation sites excluding steroid dienone is 2. The molecule has 0 saturated carbocycles. The lowest BCUT2D eigenvalue weighted by atomic mass is 9.77. The van der Waals surface area contributed by atoms with E-state index in [0.29, 0.717) is 17.5 Å². The third-order valence-electron chi connectivity index (χ3n) is 4.50. The van der Waals surface area contributed by atoms with Crippen LogP contribution in [0.1, 0.15) is 29.5 Å². The smallest absolute Gasteiger partial charge is 0.146 e. The number of halogens is 1. The number of rotatable bonds is 1. The summed E-state index contributed by atoms with van der Waals surface area (Å²) in [6.07, 6.45) is 5.51. The maximum absolute atomic E-state index is 14.1. The molecule has 20 heavy (non-hydrogen) atoms. The standard InChI is InChI=1S/C18H16FN/c19-16-11-5-10-15-13-8-4-9-14(13)17(20-18(15)16)12-6-2-1-3-7-12/h1-8,10-11,13-14,17,20H,9H2/t13-,14-,17-/m1/s1. The van der Waals surface area contributed by atoms with Gasteiger partial charge < -0.3 is 5.32 Å². The lowest BCUT2D eigenvalue weighted by Gasteiger charge is -2.37. The molecule has 1 N–H and O–H groups in total. The van der Waals surface area contributed by atoms with Crippen LogP contribution >= 0.6 is 0 Å². The second-order valence-corrected chi connectivity index (χ2v) is 5.59. The number of hydrogen-bond acceptors (Lipinski definition) is 1. The van der Waals surface area contributed by atoms with E-state index in [1.807, 2.05) is 30.3 Å². The molecule has 2 aromatic carbocycles. The van der Waals surface area contributed by atoms with Crippen molar-refractivity contribution in [3.05, 3.63) is 77.6 Å². The largest absolute Gasteiger partial charge is 0.375 e. The molecule has 1 aliphatic heterocycles. The van der Waals surface area contributed by atoms with E-state index in [9.17, 15) is 4.39 Å². The Bertz CT molecular complexity index is 662. The minimum absolute atomic E-state index is 0.151. The van der Waals surface area contributed by atoms with Gasteiger partial charge in [0, 0.05) is 5.92 Å². The summed E-state index contributed by atoms with van der Waals surface area (Å²) in [6.45, 7) is 0. The van der Waals surface area contributed by atoms with Crippen molar-refractivity contribution in [3.8, 4) is 0 Å². The van der Waals surface area contributed by atoms with Gasteiger partial charge in [0.15, 0.2) is 0 Å². The predicted octanol–water partition coefficient (Wildman–Crippen LogP) is 4.65. The average Bonchev–Trinajstić information content (AvgIpc) is 2.97. The van der Waals surface area contributed by atoms with Crippen LogP contribution in [0, 0.1) is 11.7 Å². The van der Waals surface area contributed by atoms with Crippen molar-refractivity contribution in [2.24, 2.45) is 5.92 Å². The normalized spacial score (nSPS) is 26.8. The SMILES string of the molecule is Fc1cccc2c1N[C@H](c1ccccc1)[C@@H]1CC=C[C@@H]21. The first-order valence-corrected chi connectivity index (χ1v) is 7.11. The maximum Gasteiger partial charge on any atom is 0.146 e. The lowest BCUT2D eigenvalue weighted by molar-refractivity contribution is 0.421. The fourth-order valence-corrected chi connectivity index (χ4v) is 3.57. The van der Waals surface area contributed by atoms with Crippen LogP contribution in [0.4, 0.5) is 10.1 Å². The van der Waals surface area contributed by atoms with E-state index < -0.39 is 0 Å². The summed E-state index contributed by atoms with van der Waals surface area (Å²) in [5, 5.41) is 3.44. The number of hydrogen-bond donors (Lipinski definition) is 1. The molecule has 3 atom stereocenters. The predicted molar refractivity (Wildman–Crippen MR) is 79.2 cm³/mol. The van der Waals surface area contributed by atoms with Gasteiger partial charge in [0.05, 0.1) is 11.7 Å². The zero-order valence-corrected chi connectivity index (χ0v) is 11.1. The summed E-state index contributed by atoms with van der Waals surface area (Å²) >= 11 is 0. The Morgan fingerprint density at radius 1 is 1.00 bits per heavy atom. The lowest BCUT2D eigenvalue weighted by Crippen LogP contribution is -2.29. The van der Waals surface area contributed by atoms with Crippen molar-refractivity contribution in [1.29, 1.82) is 0 Å². The van der Waals surface area contributed by atoms with Gasteiger partial charge in [-0.15, -0.1) is 0 Å². The molecule has 0 unspecified atom stereocenters. The first-order chi connectivity index (χ1) is 9.84. The molecule has 1 heterocycles. The van der Waals surface area contributed by atoms with E-state index >= 15 is 0 Å². The van der Waals surface area contributed by atoms with E-state index in [0.717, 1.165) is 12.0 Å². The highest BCUT2D eigenvalue weighted by atomic mass is 19.1. The molecule has 4 rings (SSSR count). The number of nitrogens with one attached hydrogen (secondary N) is 1. The average molecular weight is 265 g/mol. The zero-order chi connectivity index (χ0) is 13.5. The summed E-state index contributed by atoms with van der Waals surface area (Å²) in [5.41, 5.74) is 3.00. The molecular weight excluding hydrogens is 249 g/mol. The second kappa shape index (κ2) is 4.48. The molecule has 0 saturated heterocycles. The molecule has 2 aliphatic rings. The zero-order valence-electron chi connectivity index (χ0n) is 11.1. The number of para-hydroxylation sites is 1. The van der Waals surface area contributed by atoms with E-state index in [4.69, 9.17) is 0 Å². The van der Waals surface area contributed by atoms with Gasteiger partial charge in [0.2, 0.25) is 0 Å². The van der Waals surface area contributed by atoms with Crippen molar-refractivity contribution in [1.82, 2.24) is 0 Å². The molecule has 0 aromatic heterocycles. The van der Waals surface area contributed by atoms with Crippen LogP contribution in [0.3, 0.4) is 0 Å². The highest BCUT2D eigenvalue weighted by molar-refractivity contribution is 5.60. The van der Waals surface area contributed by atoms with Gasteiger partial charge in [-0.3, -0.25) is 0 Å². The van der Waals surface area contributed by atoms with Crippen LogP contribution in [0.15, 0.2) is 60.7 Å². The van der Waals surface area contributed by atoms with Crippen molar-refractivity contribution >= 4 is 5.69 Å². The molecule has 2 aromatic rings. The monoisotopic (exact) mass is 265 g/mol. The van der Waals surface area contributed by atoms with E-state index in [1.165, 1.54) is 11.6 Å². The van der Waals surface area contributed by atoms with E-state index in [1.54, 1.807) is 0 Å². The van der Waals surface area contributed by atoms with Gasteiger partial charge in [0.1, 0.15) is 5.82 Å². The molecule has 0 bridgehead atoms. The summed E-state index contributed by atoms with van der Waals surface area (Å²) in [7, 11) is 0. The van der Waals surface area contributed by atoms with Crippen LogP contribution in [-0.2, 0) is 0 Å². The van der Waals surface area contributed by atoms with E-state index in [2.05, 4.69) is 29.6 Å². The Labute approximate surface area is 118 Å². The van der Waals surface area contributed by atoms with Gasteiger partial charge in [-0.25, -0.2) is 4.39 Å². The van der Waals surface area contributed by atoms with Gasteiger partial charge in [-0.05, 0) is 29.5 Å². The minimum atomic E-state index is -0.151. The van der Waals surface area contributed by atoms with Crippen LogP contribution in [-0.4, -0.2) is 0 Å². The molecule has 100 valence electrons. The molecule has 2 heteroatoms. The Hall–Kier alpha value is -2.09. The van der Waals surface area contributed by atoms with E-state index in [-0.39, 0.29) is 11.9 Å². The molecule has 1 aliphatic carbocycles. The Morgan fingerprint density at radius 2 is 1.85 bits per heavy atom. The van der Waals surface area contributed by atoms with Crippen molar-refractivity contribution in [2.45, 2.75) is 18.4 Å². The Kier molecular flexibility index (Phi) is 2.62. The molecule has 0 fully saturated rings. The second-order valence-electron chi connectivity index (χ2n) is 5.59. The summed E-state index contributed by atoms with van der Waals surface area (Å²) in [5.74, 6) is 0.654. The summed E-state index contributed by atoms with van der Waals surface area (Å²) in [4.78, 5) is 0. The third-order valence-corrected chi connectivity index (χ3v) is 4.50. The number of benzene rings is 2. The van der Waals surface area contributed by atoms with Crippen molar-refractivity contribution in [3.63, 3.8) is 0 Å². The van der Waals surface area contributed by atoms with Crippen molar-refractivity contribution in [2.75, 3.05) is 5.32 Å². The minimum Gasteiger partial charge on any atom is -0.375 e. The van der Waals surface area contributed by atoms with Crippen LogP contribution in [0.25, 0.3) is 0 Å². The Balaban J connectivity index is 1.83. The van der Waals surface area contributed by atoms with Crippen LogP contribution < -0.4 is 5.32 Å². The number of anilines is 1. The first kappa shape index (κ1) is 11.7.